The Morgan fingerprint density at radius 3 is 2.88 bits per heavy atom. The molecule has 92 valence electrons. The minimum atomic E-state index is 0.558. The third-order valence-corrected chi connectivity index (χ3v) is 3.96. The van der Waals surface area contributed by atoms with Crippen LogP contribution in [0, 0.1) is 18.8 Å². The van der Waals surface area contributed by atoms with Crippen molar-refractivity contribution in [2.45, 2.75) is 40.0 Å². The van der Waals surface area contributed by atoms with Crippen LogP contribution in [0.4, 0.5) is 5.69 Å². The molecule has 0 aromatic heterocycles. The fourth-order valence-corrected chi connectivity index (χ4v) is 2.74. The Balaban J connectivity index is 2.34. The number of hydrogen-bond acceptors (Lipinski definition) is 1. The van der Waals surface area contributed by atoms with Crippen molar-refractivity contribution in [3.05, 3.63) is 41.6 Å². The topological polar surface area (TPSA) is 12.0 Å². The summed E-state index contributed by atoms with van der Waals surface area (Å²) in [6.45, 7) is 10.9. The molecule has 1 aromatic carbocycles. The van der Waals surface area contributed by atoms with Gasteiger partial charge < -0.3 is 5.32 Å². The van der Waals surface area contributed by atoms with Crippen LogP contribution in [0.5, 0.6) is 0 Å². The zero-order chi connectivity index (χ0) is 12.4. The van der Waals surface area contributed by atoms with Crippen LogP contribution in [0.25, 0.3) is 0 Å². The highest BCUT2D eigenvalue weighted by molar-refractivity contribution is 5.58. The van der Waals surface area contributed by atoms with Crippen molar-refractivity contribution >= 4 is 5.69 Å². The van der Waals surface area contributed by atoms with Crippen molar-refractivity contribution in [2.75, 3.05) is 5.32 Å². The van der Waals surface area contributed by atoms with Gasteiger partial charge >= 0.3 is 0 Å². The molecule has 0 fully saturated rings. The Kier molecular flexibility index (Phi) is 3.56. The van der Waals surface area contributed by atoms with Gasteiger partial charge in [-0.15, -0.1) is 0 Å². The summed E-state index contributed by atoms with van der Waals surface area (Å²) >= 11 is 0. The summed E-state index contributed by atoms with van der Waals surface area (Å²) in [4.78, 5) is 0. The van der Waals surface area contributed by atoms with Crippen LogP contribution in [-0.4, -0.2) is 0 Å². The molecular formula is C16H23N. The van der Waals surface area contributed by atoms with E-state index in [1.165, 1.54) is 41.8 Å². The molecule has 0 saturated carbocycles. The van der Waals surface area contributed by atoms with Crippen LogP contribution >= 0.6 is 0 Å². The number of anilines is 1. The average molecular weight is 229 g/mol. The van der Waals surface area contributed by atoms with Crippen LogP contribution in [-0.2, 0) is 6.42 Å². The molecule has 0 aliphatic carbocycles. The van der Waals surface area contributed by atoms with Gasteiger partial charge in [-0.25, -0.2) is 0 Å². The van der Waals surface area contributed by atoms with Gasteiger partial charge in [0.2, 0.25) is 0 Å². The first-order valence-electron chi connectivity index (χ1n) is 6.67. The van der Waals surface area contributed by atoms with E-state index < -0.39 is 0 Å². The smallest absolute Gasteiger partial charge is 0.0417 e. The largest absolute Gasteiger partial charge is 0.359 e. The van der Waals surface area contributed by atoms with Crippen LogP contribution in [0.2, 0.25) is 0 Å². The van der Waals surface area contributed by atoms with Gasteiger partial charge in [0.05, 0.1) is 0 Å². The molecule has 0 unspecified atom stereocenters. The van der Waals surface area contributed by atoms with E-state index >= 15 is 0 Å². The van der Waals surface area contributed by atoms with Gasteiger partial charge in [-0.3, -0.25) is 0 Å². The van der Waals surface area contributed by atoms with Gasteiger partial charge in [0.15, 0.2) is 0 Å². The molecule has 1 aliphatic heterocycles. The fraction of sp³-hybridized carbons (Fsp3) is 0.500. The molecule has 1 heteroatoms. The number of nitrogens with one attached hydrogen (secondary N) is 1. The lowest BCUT2D eigenvalue weighted by molar-refractivity contribution is 0.378. The highest BCUT2D eigenvalue weighted by atomic mass is 14.9. The molecular weight excluding hydrogens is 206 g/mol. The van der Waals surface area contributed by atoms with E-state index in [0.29, 0.717) is 5.92 Å². The third kappa shape index (κ3) is 2.54. The molecule has 1 nitrogen and oxygen atoms in total. The van der Waals surface area contributed by atoms with E-state index in [2.05, 4.69) is 50.9 Å². The Hall–Kier alpha value is -1.24. The Bertz CT molecular complexity index is 420. The maximum Gasteiger partial charge on any atom is 0.0417 e. The summed E-state index contributed by atoms with van der Waals surface area (Å²) in [7, 11) is 0. The highest BCUT2D eigenvalue weighted by Crippen LogP contribution is 2.34. The first kappa shape index (κ1) is 12.2. The van der Waals surface area contributed by atoms with E-state index in [1.807, 2.05) is 0 Å². The van der Waals surface area contributed by atoms with E-state index in [-0.39, 0.29) is 0 Å². The second-order valence-corrected chi connectivity index (χ2v) is 5.35. The van der Waals surface area contributed by atoms with E-state index in [1.54, 1.807) is 0 Å². The van der Waals surface area contributed by atoms with Gasteiger partial charge in [0.1, 0.15) is 0 Å². The molecule has 0 radical (unpaired) electrons. The molecule has 0 bridgehead atoms. The molecule has 1 N–H and O–H groups in total. The lowest BCUT2D eigenvalue weighted by atomic mass is 9.84. The number of fused-ring (bicyclic) bond motifs is 1. The second kappa shape index (κ2) is 4.95. The zero-order valence-electron chi connectivity index (χ0n) is 11.2. The van der Waals surface area contributed by atoms with Crippen molar-refractivity contribution in [3.63, 3.8) is 0 Å². The molecule has 17 heavy (non-hydrogen) atoms. The Morgan fingerprint density at radius 1 is 1.41 bits per heavy atom. The molecule has 0 saturated heterocycles. The van der Waals surface area contributed by atoms with Crippen molar-refractivity contribution in [1.29, 1.82) is 0 Å². The molecule has 0 amide bonds. The summed E-state index contributed by atoms with van der Waals surface area (Å²) in [5, 5.41) is 3.51. The van der Waals surface area contributed by atoms with Crippen LogP contribution < -0.4 is 5.32 Å². The van der Waals surface area contributed by atoms with Crippen LogP contribution in [0.15, 0.2) is 30.5 Å². The zero-order valence-corrected chi connectivity index (χ0v) is 11.2. The number of rotatable bonds is 2. The van der Waals surface area contributed by atoms with Gasteiger partial charge in [-0.2, -0.15) is 0 Å². The van der Waals surface area contributed by atoms with E-state index in [0.717, 1.165) is 5.92 Å². The summed E-state index contributed by atoms with van der Waals surface area (Å²) < 4.78 is 0. The quantitative estimate of drug-likeness (QED) is 0.785. The number of aryl methyl sites for hydroxylation is 1. The normalized spacial score (nSPS) is 23.8. The Morgan fingerprint density at radius 2 is 2.18 bits per heavy atom. The number of allylic oxidation sites excluding steroid dienone is 1. The molecule has 2 atom stereocenters. The number of benzene rings is 1. The average Bonchev–Trinajstić information content (AvgIpc) is 2.40. The molecule has 1 aromatic rings. The number of hydrogen-bond donors (Lipinski definition) is 1. The van der Waals surface area contributed by atoms with Gasteiger partial charge in [-0.05, 0) is 48.8 Å². The summed E-state index contributed by atoms with van der Waals surface area (Å²) in [5.41, 5.74) is 5.19. The van der Waals surface area contributed by atoms with Crippen LogP contribution in [0.1, 0.15) is 37.8 Å². The minimum Gasteiger partial charge on any atom is -0.359 e. The Labute approximate surface area is 105 Å². The monoisotopic (exact) mass is 229 g/mol. The molecule has 0 spiro atoms. The minimum absolute atomic E-state index is 0.558. The predicted octanol–water partition coefficient (Wildman–Crippen LogP) is 4.53. The summed E-state index contributed by atoms with van der Waals surface area (Å²) in [6.07, 6.45) is 3.72. The highest BCUT2D eigenvalue weighted by Gasteiger charge is 2.24. The second-order valence-electron chi connectivity index (χ2n) is 5.35. The summed E-state index contributed by atoms with van der Waals surface area (Å²) in [6, 6.07) is 6.72. The first-order chi connectivity index (χ1) is 8.11. The van der Waals surface area contributed by atoms with Crippen molar-refractivity contribution in [2.24, 2.45) is 11.8 Å². The van der Waals surface area contributed by atoms with Crippen molar-refractivity contribution in [1.82, 2.24) is 0 Å². The third-order valence-electron chi connectivity index (χ3n) is 3.96. The van der Waals surface area contributed by atoms with Gasteiger partial charge in [-0.1, -0.05) is 39.0 Å². The van der Waals surface area contributed by atoms with Crippen molar-refractivity contribution < 1.29 is 0 Å². The fourth-order valence-electron chi connectivity index (χ4n) is 2.74. The SMILES string of the molecule is C=C1Nc2cc(C)ccc2C[C@H](CCC)[C@@H]1C. The van der Waals surface area contributed by atoms with Gasteiger partial charge in [0.25, 0.3) is 0 Å². The lowest BCUT2D eigenvalue weighted by Crippen LogP contribution is -2.16. The molecule has 1 aliphatic rings. The first-order valence-corrected chi connectivity index (χ1v) is 6.67. The molecule has 2 rings (SSSR count). The van der Waals surface area contributed by atoms with Gasteiger partial charge in [0, 0.05) is 11.4 Å². The van der Waals surface area contributed by atoms with Crippen LogP contribution in [0.3, 0.4) is 0 Å². The standard InChI is InChI=1S/C16H23N/c1-5-6-14-10-15-8-7-11(2)9-16(15)17-13(4)12(14)3/h7-9,12,14,17H,4-6,10H2,1-3H3/t12-,14+/m1/s1. The maximum atomic E-state index is 4.21. The summed E-state index contributed by atoms with van der Waals surface area (Å²) in [5.74, 6) is 1.28. The lowest BCUT2D eigenvalue weighted by Gasteiger charge is -2.22. The van der Waals surface area contributed by atoms with E-state index in [9.17, 15) is 0 Å². The van der Waals surface area contributed by atoms with Crippen molar-refractivity contribution in [3.8, 4) is 0 Å². The maximum absolute atomic E-state index is 4.21. The molecule has 1 heterocycles. The van der Waals surface area contributed by atoms with E-state index in [4.69, 9.17) is 0 Å². The predicted molar refractivity (Wildman–Crippen MR) is 75.2 cm³/mol.